The lowest BCUT2D eigenvalue weighted by molar-refractivity contribution is -0.143. The highest BCUT2D eigenvalue weighted by Gasteiger charge is 2.23. The summed E-state index contributed by atoms with van der Waals surface area (Å²) in [5.74, 6) is -0.397. The molecule has 0 aliphatic heterocycles. The normalized spacial score (nSPS) is 10.9. The van der Waals surface area contributed by atoms with Crippen molar-refractivity contribution in [2.45, 2.75) is 34.6 Å². The first kappa shape index (κ1) is 18.7. The van der Waals surface area contributed by atoms with E-state index in [4.69, 9.17) is 0 Å². The first-order valence-corrected chi connectivity index (χ1v) is 8.36. The summed E-state index contributed by atoms with van der Waals surface area (Å²) in [6.07, 6.45) is 0. The van der Waals surface area contributed by atoms with Crippen LogP contribution in [0.5, 0.6) is 0 Å². The molecule has 0 atom stereocenters. The Kier molecular flexibility index (Phi) is 7.07. The molecule has 0 aromatic heterocycles. The minimum Gasteiger partial charge on any atom is -0.334 e. The molecular weight excluding hydrogens is 344 g/mol. The maximum Gasteiger partial charge on any atom is 0.313 e. The van der Waals surface area contributed by atoms with E-state index in [1.54, 1.807) is 11.0 Å². The van der Waals surface area contributed by atoms with Gasteiger partial charge in [-0.1, -0.05) is 43.6 Å². The van der Waals surface area contributed by atoms with Gasteiger partial charge in [0.2, 0.25) is 0 Å². The van der Waals surface area contributed by atoms with Crippen LogP contribution in [0, 0.1) is 18.8 Å². The molecule has 0 fully saturated rings. The van der Waals surface area contributed by atoms with Crippen LogP contribution < -0.4 is 5.32 Å². The molecule has 0 aliphatic carbocycles. The molecule has 1 rings (SSSR count). The molecule has 0 bridgehead atoms. The zero-order valence-corrected chi connectivity index (χ0v) is 15.5. The summed E-state index contributed by atoms with van der Waals surface area (Å²) >= 11 is 3.38. The van der Waals surface area contributed by atoms with Gasteiger partial charge >= 0.3 is 11.8 Å². The van der Waals surface area contributed by atoms with Crippen molar-refractivity contribution in [3.05, 3.63) is 28.2 Å². The lowest BCUT2D eigenvalue weighted by atomic mass is 10.1. The van der Waals surface area contributed by atoms with Crippen molar-refractivity contribution < 1.29 is 9.59 Å². The van der Waals surface area contributed by atoms with Crippen LogP contribution in [-0.4, -0.2) is 29.8 Å². The van der Waals surface area contributed by atoms with Crippen LogP contribution in [0.25, 0.3) is 0 Å². The molecule has 22 heavy (non-hydrogen) atoms. The molecule has 0 heterocycles. The van der Waals surface area contributed by atoms with Gasteiger partial charge in [0.1, 0.15) is 0 Å². The summed E-state index contributed by atoms with van der Waals surface area (Å²) in [5, 5.41) is 2.71. The number of benzene rings is 1. The SMILES string of the molecule is Cc1cc(Br)ccc1NC(=O)C(=O)N(CC(C)C)CC(C)C. The van der Waals surface area contributed by atoms with Gasteiger partial charge in [-0.2, -0.15) is 0 Å². The van der Waals surface area contributed by atoms with E-state index in [1.807, 2.05) is 46.8 Å². The van der Waals surface area contributed by atoms with Crippen LogP contribution >= 0.6 is 15.9 Å². The van der Waals surface area contributed by atoms with Gasteiger partial charge in [-0.15, -0.1) is 0 Å². The quantitative estimate of drug-likeness (QED) is 0.802. The van der Waals surface area contributed by atoms with Crippen LogP contribution in [0.15, 0.2) is 22.7 Å². The molecule has 0 radical (unpaired) electrons. The largest absolute Gasteiger partial charge is 0.334 e. The van der Waals surface area contributed by atoms with E-state index in [0.717, 1.165) is 10.0 Å². The molecule has 0 saturated heterocycles. The number of nitrogens with zero attached hydrogens (tertiary/aromatic N) is 1. The number of anilines is 1. The Morgan fingerprint density at radius 3 is 2.14 bits per heavy atom. The van der Waals surface area contributed by atoms with Crippen LogP contribution in [0.1, 0.15) is 33.3 Å². The average molecular weight is 369 g/mol. The third kappa shape index (κ3) is 5.79. The Morgan fingerprint density at radius 2 is 1.68 bits per heavy atom. The van der Waals surface area contributed by atoms with Gasteiger partial charge in [0.15, 0.2) is 0 Å². The molecule has 0 aliphatic rings. The van der Waals surface area contributed by atoms with E-state index >= 15 is 0 Å². The Hall–Kier alpha value is -1.36. The molecule has 0 spiro atoms. The van der Waals surface area contributed by atoms with Crippen molar-refractivity contribution >= 4 is 33.4 Å². The Balaban J connectivity index is 2.82. The van der Waals surface area contributed by atoms with Crippen LogP contribution in [0.4, 0.5) is 5.69 Å². The van der Waals surface area contributed by atoms with Gasteiger partial charge in [0.25, 0.3) is 0 Å². The van der Waals surface area contributed by atoms with E-state index in [1.165, 1.54) is 0 Å². The second kappa shape index (κ2) is 8.32. The summed E-state index contributed by atoms with van der Waals surface area (Å²) in [7, 11) is 0. The zero-order valence-electron chi connectivity index (χ0n) is 13.9. The number of halogens is 1. The molecule has 1 aromatic rings. The number of nitrogens with one attached hydrogen (secondary N) is 1. The summed E-state index contributed by atoms with van der Waals surface area (Å²) in [5.41, 5.74) is 1.57. The molecule has 1 N–H and O–H groups in total. The molecule has 0 saturated carbocycles. The lowest BCUT2D eigenvalue weighted by Gasteiger charge is -2.25. The number of hydrogen-bond donors (Lipinski definition) is 1. The minimum absolute atomic E-state index is 0.324. The van der Waals surface area contributed by atoms with Crippen LogP contribution in [-0.2, 0) is 9.59 Å². The average Bonchev–Trinajstić information content (AvgIpc) is 2.39. The number of aryl methyl sites for hydroxylation is 1. The maximum absolute atomic E-state index is 12.4. The summed E-state index contributed by atoms with van der Waals surface area (Å²) < 4.78 is 0.940. The second-order valence-electron chi connectivity index (χ2n) is 6.41. The molecule has 1 aromatic carbocycles. The van der Waals surface area contributed by atoms with E-state index < -0.39 is 11.8 Å². The van der Waals surface area contributed by atoms with Gasteiger partial charge in [-0.3, -0.25) is 9.59 Å². The van der Waals surface area contributed by atoms with Gasteiger partial charge in [-0.25, -0.2) is 0 Å². The monoisotopic (exact) mass is 368 g/mol. The summed E-state index contributed by atoms with van der Waals surface area (Å²) in [4.78, 5) is 26.3. The number of carbonyl (C=O) groups is 2. The Morgan fingerprint density at radius 1 is 1.14 bits per heavy atom. The minimum atomic E-state index is -0.577. The maximum atomic E-state index is 12.4. The van der Waals surface area contributed by atoms with Crippen molar-refractivity contribution in [2.75, 3.05) is 18.4 Å². The van der Waals surface area contributed by atoms with Gasteiger partial charge < -0.3 is 10.2 Å². The van der Waals surface area contributed by atoms with Gasteiger partial charge in [-0.05, 0) is 42.5 Å². The molecule has 122 valence electrons. The molecule has 5 heteroatoms. The highest BCUT2D eigenvalue weighted by atomic mass is 79.9. The van der Waals surface area contributed by atoms with E-state index in [9.17, 15) is 9.59 Å². The van der Waals surface area contributed by atoms with E-state index in [-0.39, 0.29) is 0 Å². The highest BCUT2D eigenvalue weighted by molar-refractivity contribution is 9.10. The van der Waals surface area contributed by atoms with Crippen molar-refractivity contribution in [3.63, 3.8) is 0 Å². The lowest BCUT2D eigenvalue weighted by Crippen LogP contribution is -2.43. The summed E-state index contributed by atoms with van der Waals surface area (Å²) in [6, 6.07) is 5.53. The number of hydrogen-bond acceptors (Lipinski definition) is 2. The third-order valence-corrected chi connectivity index (χ3v) is 3.58. The fourth-order valence-electron chi connectivity index (χ4n) is 2.21. The first-order chi connectivity index (χ1) is 10.2. The fourth-order valence-corrected chi connectivity index (χ4v) is 2.68. The molecular formula is C17H25BrN2O2. The van der Waals surface area contributed by atoms with Gasteiger partial charge in [0, 0.05) is 23.2 Å². The smallest absolute Gasteiger partial charge is 0.313 e. The van der Waals surface area contributed by atoms with Crippen LogP contribution in [0.3, 0.4) is 0 Å². The van der Waals surface area contributed by atoms with E-state index in [2.05, 4.69) is 21.2 Å². The third-order valence-electron chi connectivity index (χ3n) is 3.09. The van der Waals surface area contributed by atoms with Crippen molar-refractivity contribution in [1.82, 2.24) is 4.90 Å². The molecule has 0 unspecified atom stereocenters. The molecule has 2 amide bonds. The topological polar surface area (TPSA) is 49.4 Å². The summed E-state index contributed by atoms with van der Waals surface area (Å²) in [6.45, 7) is 11.2. The van der Waals surface area contributed by atoms with Crippen molar-refractivity contribution in [1.29, 1.82) is 0 Å². The van der Waals surface area contributed by atoms with Crippen molar-refractivity contribution in [3.8, 4) is 0 Å². The van der Waals surface area contributed by atoms with E-state index in [0.29, 0.717) is 30.6 Å². The zero-order chi connectivity index (χ0) is 16.9. The molecule has 4 nitrogen and oxygen atoms in total. The van der Waals surface area contributed by atoms with Crippen LogP contribution in [0.2, 0.25) is 0 Å². The van der Waals surface area contributed by atoms with Crippen molar-refractivity contribution in [2.24, 2.45) is 11.8 Å². The Labute approximate surface area is 141 Å². The highest BCUT2D eigenvalue weighted by Crippen LogP contribution is 2.20. The number of carbonyl (C=O) groups excluding carboxylic acids is 2. The standard InChI is InChI=1S/C17H25BrN2O2/c1-11(2)9-20(10-12(3)4)17(22)16(21)19-15-7-6-14(18)8-13(15)5/h6-8,11-12H,9-10H2,1-5H3,(H,19,21). The predicted octanol–water partition coefficient (Wildman–Crippen LogP) is 3.84. The second-order valence-corrected chi connectivity index (χ2v) is 7.33. The number of amides is 2. The van der Waals surface area contributed by atoms with Gasteiger partial charge in [0.05, 0.1) is 0 Å². The fraction of sp³-hybridized carbons (Fsp3) is 0.529. The predicted molar refractivity (Wildman–Crippen MR) is 93.8 cm³/mol. The number of rotatable bonds is 5. The Bertz CT molecular complexity index is 531. The first-order valence-electron chi connectivity index (χ1n) is 7.57.